The zero-order valence-electron chi connectivity index (χ0n) is 6.66. The lowest BCUT2D eigenvalue weighted by Gasteiger charge is -2.17. The summed E-state index contributed by atoms with van der Waals surface area (Å²) in [7, 11) is 0. The Kier molecular flexibility index (Phi) is 1.98. The van der Waals surface area contributed by atoms with Gasteiger partial charge in [0.15, 0.2) is 0 Å². The third kappa shape index (κ3) is 1.42. The van der Waals surface area contributed by atoms with Gasteiger partial charge in [-0.05, 0) is 17.7 Å². The lowest BCUT2D eigenvalue weighted by atomic mass is 10.0. The molecule has 1 aromatic rings. The monoisotopic (exact) mass is 165 g/mol. The van der Waals surface area contributed by atoms with Crippen molar-refractivity contribution in [3.63, 3.8) is 0 Å². The number of hydrogen-bond donors (Lipinski definition) is 2. The van der Waals surface area contributed by atoms with Crippen LogP contribution in [0.25, 0.3) is 5.57 Å². The summed E-state index contributed by atoms with van der Waals surface area (Å²) < 4.78 is 4.95. The van der Waals surface area contributed by atoms with Gasteiger partial charge in [0.2, 0.25) is 0 Å². The highest BCUT2D eigenvalue weighted by Crippen LogP contribution is 2.16. The van der Waals surface area contributed by atoms with Gasteiger partial charge in [0.1, 0.15) is 0 Å². The zero-order valence-corrected chi connectivity index (χ0v) is 6.66. The van der Waals surface area contributed by atoms with Crippen LogP contribution in [0.5, 0.6) is 0 Å². The maximum atomic E-state index is 9.31. The van der Waals surface area contributed by atoms with Gasteiger partial charge in [-0.3, -0.25) is 0 Å². The summed E-state index contributed by atoms with van der Waals surface area (Å²) in [5, 5.41) is 12.4. The van der Waals surface area contributed by atoms with E-state index in [-0.39, 0.29) is 6.10 Å². The molecule has 3 nitrogen and oxygen atoms in total. The molecule has 1 aliphatic heterocycles. The molecule has 0 saturated heterocycles. The lowest BCUT2D eigenvalue weighted by molar-refractivity contribution is 0.217. The van der Waals surface area contributed by atoms with E-state index in [0.717, 1.165) is 17.7 Å². The molecule has 0 spiro atoms. The molecule has 12 heavy (non-hydrogen) atoms. The fourth-order valence-corrected chi connectivity index (χ4v) is 1.35. The van der Waals surface area contributed by atoms with E-state index in [1.54, 1.807) is 12.5 Å². The quantitative estimate of drug-likeness (QED) is 0.641. The maximum absolute atomic E-state index is 9.31. The summed E-state index contributed by atoms with van der Waals surface area (Å²) in [4.78, 5) is 0. The Morgan fingerprint density at radius 1 is 1.58 bits per heavy atom. The minimum absolute atomic E-state index is 0.372. The van der Waals surface area contributed by atoms with E-state index in [9.17, 15) is 5.11 Å². The Labute approximate surface area is 70.7 Å². The van der Waals surface area contributed by atoms with Gasteiger partial charge in [0, 0.05) is 18.7 Å². The predicted octanol–water partition coefficient (Wildman–Crippen LogP) is 0.627. The van der Waals surface area contributed by atoms with E-state index < -0.39 is 0 Å². The third-order valence-electron chi connectivity index (χ3n) is 1.95. The number of rotatable bonds is 1. The normalized spacial score (nSPS) is 23.8. The van der Waals surface area contributed by atoms with Crippen LogP contribution >= 0.6 is 0 Å². The van der Waals surface area contributed by atoms with Crippen molar-refractivity contribution in [3.05, 3.63) is 30.2 Å². The summed E-state index contributed by atoms with van der Waals surface area (Å²) in [6.45, 7) is 1.44. The van der Waals surface area contributed by atoms with Gasteiger partial charge < -0.3 is 14.8 Å². The van der Waals surface area contributed by atoms with Gasteiger partial charge in [-0.2, -0.15) is 0 Å². The van der Waals surface area contributed by atoms with Crippen molar-refractivity contribution in [3.8, 4) is 0 Å². The molecule has 0 aromatic carbocycles. The van der Waals surface area contributed by atoms with Crippen molar-refractivity contribution in [2.75, 3.05) is 13.1 Å². The predicted molar refractivity (Wildman–Crippen MR) is 45.6 cm³/mol. The molecule has 1 aromatic heterocycles. The molecule has 0 aliphatic carbocycles. The molecule has 1 aliphatic rings. The average molecular weight is 165 g/mol. The van der Waals surface area contributed by atoms with Gasteiger partial charge >= 0.3 is 0 Å². The number of aliphatic hydroxyl groups excluding tert-OH is 1. The first-order valence-electron chi connectivity index (χ1n) is 3.98. The van der Waals surface area contributed by atoms with E-state index in [2.05, 4.69) is 5.32 Å². The number of aliphatic hydroxyl groups is 1. The van der Waals surface area contributed by atoms with Crippen LogP contribution in [-0.2, 0) is 0 Å². The summed E-state index contributed by atoms with van der Waals surface area (Å²) in [5.41, 5.74) is 2.14. The second-order valence-electron chi connectivity index (χ2n) is 2.90. The van der Waals surface area contributed by atoms with Crippen LogP contribution in [-0.4, -0.2) is 24.3 Å². The molecule has 1 atom stereocenters. The Hall–Kier alpha value is -1.06. The average Bonchev–Trinajstić information content (AvgIpc) is 2.56. The molecule has 0 bridgehead atoms. The van der Waals surface area contributed by atoms with Crippen LogP contribution in [0, 0.1) is 0 Å². The standard InChI is InChI=1S/C9H11NO2/c11-9-3-8(4-10-5-9)7-1-2-12-6-7/h1-3,6,9-11H,4-5H2. The van der Waals surface area contributed by atoms with Crippen molar-refractivity contribution in [1.29, 1.82) is 0 Å². The minimum Gasteiger partial charge on any atom is -0.472 e. The summed E-state index contributed by atoms with van der Waals surface area (Å²) in [6, 6.07) is 1.89. The maximum Gasteiger partial charge on any atom is 0.0978 e. The summed E-state index contributed by atoms with van der Waals surface area (Å²) in [6.07, 6.45) is 4.81. The SMILES string of the molecule is OC1C=C(c2ccoc2)CNC1. The van der Waals surface area contributed by atoms with E-state index in [0.29, 0.717) is 6.54 Å². The number of furan rings is 1. The first-order chi connectivity index (χ1) is 5.86. The second-order valence-corrected chi connectivity index (χ2v) is 2.90. The Bertz CT molecular complexity index is 277. The molecule has 2 rings (SSSR count). The first-order valence-corrected chi connectivity index (χ1v) is 3.98. The first kappa shape index (κ1) is 7.58. The van der Waals surface area contributed by atoms with Crippen LogP contribution in [0.4, 0.5) is 0 Å². The summed E-state index contributed by atoms with van der Waals surface area (Å²) >= 11 is 0. The Morgan fingerprint density at radius 3 is 3.17 bits per heavy atom. The molecule has 2 heterocycles. The van der Waals surface area contributed by atoms with E-state index in [4.69, 9.17) is 4.42 Å². The van der Waals surface area contributed by atoms with Crippen molar-refractivity contribution in [2.45, 2.75) is 6.10 Å². The molecule has 2 N–H and O–H groups in total. The fourth-order valence-electron chi connectivity index (χ4n) is 1.35. The molecule has 0 amide bonds. The van der Waals surface area contributed by atoms with Gasteiger partial charge in [0.25, 0.3) is 0 Å². The lowest BCUT2D eigenvalue weighted by Crippen LogP contribution is -2.31. The van der Waals surface area contributed by atoms with E-state index in [1.165, 1.54) is 0 Å². The van der Waals surface area contributed by atoms with E-state index in [1.807, 2.05) is 12.1 Å². The smallest absolute Gasteiger partial charge is 0.0978 e. The Balaban J connectivity index is 2.23. The van der Waals surface area contributed by atoms with Crippen LogP contribution in [0.15, 0.2) is 29.1 Å². The molecule has 1 unspecified atom stereocenters. The molecule has 0 radical (unpaired) electrons. The van der Waals surface area contributed by atoms with Crippen LogP contribution in [0.1, 0.15) is 5.56 Å². The van der Waals surface area contributed by atoms with Crippen molar-refractivity contribution in [2.24, 2.45) is 0 Å². The summed E-state index contributed by atoms with van der Waals surface area (Å²) in [5.74, 6) is 0. The molecule has 64 valence electrons. The van der Waals surface area contributed by atoms with Crippen LogP contribution < -0.4 is 5.32 Å². The number of nitrogens with one attached hydrogen (secondary N) is 1. The van der Waals surface area contributed by atoms with Crippen LogP contribution in [0.3, 0.4) is 0 Å². The zero-order chi connectivity index (χ0) is 8.39. The van der Waals surface area contributed by atoms with E-state index >= 15 is 0 Å². The van der Waals surface area contributed by atoms with Gasteiger partial charge in [-0.1, -0.05) is 0 Å². The second kappa shape index (κ2) is 3.13. The Morgan fingerprint density at radius 2 is 2.50 bits per heavy atom. The largest absolute Gasteiger partial charge is 0.472 e. The van der Waals surface area contributed by atoms with Gasteiger partial charge in [-0.15, -0.1) is 0 Å². The molecule has 3 heteroatoms. The van der Waals surface area contributed by atoms with Crippen LogP contribution in [0.2, 0.25) is 0 Å². The fraction of sp³-hybridized carbons (Fsp3) is 0.333. The minimum atomic E-state index is -0.372. The molecule has 0 fully saturated rings. The molecule has 0 saturated carbocycles. The topological polar surface area (TPSA) is 45.4 Å². The number of hydrogen-bond acceptors (Lipinski definition) is 3. The van der Waals surface area contributed by atoms with Crippen molar-refractivity contribution < 1.29 is 9.52 Å². The molecular formula is C9H11NO2. The highest BCUT2D eigenvalue weighted by molar-refractivity contribution is 5.67. The van der Waals surface area contributed by atoms with Gasteiger partial charge in [0.05, 0.1) is 18.6 Å². The third-order valence-corrected chi connectivity index (χ3v) is 1.95. The van der Waals surface area contributed by atoms with Crippen molar-refractivity contribution >= 4 is 5.57 Å². The van der Waals surface area contributed by atoms with Crippen molar-refractivity contribution in [1.82, 2.24) is 5.32 Å². The highest BCUT2D eigenvalue weighted by atomic mass is 16.3. The van der Waals surface area contributed by atoms with Gasteiger partial charge in [-0.25, -0.2) is 0 Å². The number of β-amino-alcohol motifs (C(OH)–C–C–N with tert-alkyl or cyclic N) is 1. The molecular weight excluding hydrogens is 154 g/mol. The highest BCUT2D eigenvalue weighted by Gasteiger charge is 2.11.